The molecule has 3 saturated heterocycles. The first-order valence-electron chi connectivity index (χ1n) is 8.25. The Morgan fingerprint density at radius 2 is 1.33 bits per heavy atom. The fourth-order valence-electron chi connectivity index (χ4n) is 3.64. The minimum absolute atomic E-state index is 0.529. The van der Waals surface area contributed by atoms with E-state index in [4.69, 9.17) is 4.74 Å². The first kappa shape index (κ1) is 15.7. The maximum atomic E-state index is 12.6. The molecule has 3 rings (SSSR count). The van der Waals surface area contributed by atoms with Crippen molar-refractivity contribution in [1.82, 2.24) is 13.5 Å². The van der Waals surface area contributed by atoms with E-state index in [2.05, 4.69) is 4.90 Å². The molecule has 3 heterocycles. The van der Waals surface area contributed by atoms with Crippen LogP contribution in [0, 0.1) is 0 Å². The molecule has 3 fully saturated rings. The molecular weight excluding hydrogens is 290 g/mol. The number of hydrogen-bond acceptors (Lipinski definition) is 4. The molecule has 3 aliphatic heterocycles. The summed E-state index contributed by atoms with van der Waals surface area (Å²) in [5, 5.41) is 0. The van der Waals surface area contributed by atoms with Crippen LogP contribution < -0.4 is 0 Å². The van der Waals surface area contributed by atoms with Crippen molar-refractivity contribution in [1.29, 1.82) is 0 Å². The van der Waals surface area contributed by atoms with Gasteiger partial charge in [0.15, 0.2) is 0 Å². The Bertz CT molecular complexity index is 423. The summed E-state index contributed by atoms with van der Waals surface area (Å²) in [7, 11) is -3.22. The molecule has 0 saturated carbocycles. The van der Waals surface area contributed by atoms with E-state index in [0.29, 0.717) is 32.2 Å². The third-order valence-corrected chi connectivity index (χ3v) is 6.99. The molecule has 0 radical (unpaired) electrons. The highest BCUT2D eigenvalue weighted by molar-refractivity contribution is 7.86. The van der Waals surface area contributed by atoms with Crippen LogP contribution in [0.2, 0.25) is 0 Å². The van der Waals surface area contributed by atoms with Gasteiger partial charge in [-0.05, 0) is 25.7 Å². The van der Waals surface area contributed by atoms with Crippen LogP contribution in [-0.2, 0) is 14.9 Å². The molecule has 0 aliphatic carbocycles. The summed E-state index contributed by atoms with van der Waals surface area (Å²) in [6.07, 6.45) is 5.07. The number of rotatable bonds is 3. The van der Waals surface area contributed by atoms with Gasteiger partial charge in [-0.1, -0.05) is 6.42 Å². The summed E-state index contributed by atoms with van der Waals surface area (Å²) in [6.45, 7) is 6.34. The van der Waals surface area contributed by atoms with Crippen molar-refractivity contribution < 1.29 is 13.2 Å². The van der Waals surface area contributed by atoms with Gasteiger partial charge in [0.1, 0.15) is 0 Å². The summed E-state index contributed by atoms with van der Waals surface area (Å²) in [5.41, 5.74) is 0. The summed E-state index contributed by atoms with van der Waals surface area (Å²) in [4.78, 5) is 2.47. The zero-order valence-corrected chi connectivity index (χ0v) is 13.6. The standard InChI is InChI=1S/C14H27N3O3S/c18-21(19,16-6-2-1-3-7-16)17-8-4-14(5-9-17)15-10-12-20-13-11-15/h14H,1-13H2. The zero-order valence-electron chi connectivity index (χ0n) is 12.7. The molecule has 6 nitrogen and oxygen atoms in total. The van der Waals surface area contributed by atoms with Crippen molar-refractivity contribution in [2.75, 3.05) is 52.5 Å². The van der Waals surface area contributed by atoms with E-state index in [1.54, 1.807) is 8.61 Å². The van der Waals surface area contributed by atoms with Gasteiger partial charge in [-0.25, -0.2) is 0 Å². The predicted molar refractivity (Wildman–Crippen MR) is 81.3 cm³/mol. The monoisotopic (exact) mass is 317 g/mol. The summed E-state index contributed by atoms with van der Waals surface area (Å²) < 4.78 is 34.1. The number of piperidine rings is 2. The maximum Gasteiger partial charge on any atom is 0.281 e. The Morgan fingerprint density at radius 1 is 0.762 bits per heavy atom. The third-order valence-electron chi connectivity index (χ3n) is 4.95. The van der Waals surface area contributed by atoms with Crippen LogP contribution in [0.1, 0.15) is 32.1 Å². The molecule has 21 heavy (non-hydrogen) atoms. The molecule has 0 atom stereocenters. The van der Waals surface area contributed by atoms with Crippen LogP contribution in [0.4, 0.5) is 0 Å². The van der Waals surface area contributed by atoms with Gasteiger partial charge >= 0.3 is 0 Å². The van der Waals surface area contributed by atoms with E-state index < -0.39 is 10.2 Å². The lowest BCUT2D eigenvalue weighted by Crippen LogP contribution is -2.53. The first-order chi connectivity index (χ1) is 10.2. The second kappa shape index (κ2) is 6.91. The van der Waals surface area contributed by atoms with Gasteiger partial charge in [0.2, 0.25) is 0 Å². The molecule has 0 amide bonds. The van der Waals surface area contributed by atoms with E-state index in [-0.39, 0.29) is 0 Å². The predicted octanol–water partition coefficient (Wildman–Crippen LogP) is 0.514. The van der Waals surface area contributed by atoms with Gasteiger partial charge in [0.25, 0.3) is 10.2 Å². The average molecular weight is 317 g/mol. The Hall–Kier alpha value is -0.210. The summed E-state index contributed by atoms with van der Waals surface area (Å²) in [6, 6.07) is 0.529. The zero-order chi connectivity index (χ0) is 14.7. The van der Waals surface area contributed by atoms with Gasteiger partial charge in [-0.15, -0.1) is 0 Å². The molecule has 0 aromatic heterocycles. The molecule has 3 aliphatic rings. The van der Waals surface area contributed by atoms with Crippen molar-refractivity contribution >= 4 is 10.2 Å². The topological polar surface area (TPSA) is 53.1 Å². The normalized spacial score (nSPS) is 28.8. The lowest BCUT2D eigenvalue weighted by Gasteiger charge is -2.41. The van der Waals surface area contributed by atoms with Crippen LogP contribution in [0.3, 0.4) is 0 Å². The van der Waals surface area contributed by atoms with Gasteiger partial charge in [-0.3, -0.25) is 4.90 Å². The Balaban J connectivity index is 1.54. The lowest BCUT2D eigenvalue weighted by molar-refractivity contribution is 0.00578. The Labute approximate surface area is 128 Å². The molecule has 0 spiro atoms. The molecule has 0 bridgehead atoms. The Kier molecular flexibility index (Phi) is 5.16. The van der Waals surface area contributed by atoms with Gasteiger partial charge in [0, 0.05) is 45.3 Å². The second-order valence-electron chi connectivity index (χ2n) is 6.25. The van der Waals surface area contributed by atoms with E-state index in [1.165, 1.54) is 0 Å². The summed E-state index contributed by atoms with van der Waals surface area (Å²) >= 11 is 0. The number of nitrogens with zero attached hydrogens (tertiary/aromatic N) is 3. The molecular formula is C14H27N3O3S. The first-order valence-corrected chi connectivity index (χ1v) is 9.64. The highest BCUT2D eigenvalue weighted by Gasteiger charge is 2.35. The van der Waals surface area contributed by atoms with Crippen LogP contribution in [0.25, 0.3) is 0 Å². The van der Waals surface area contributed by atoms with Gasteiger partial charge < -0.3 is 4.74 Å². The molecule has 0 aromatic rings. The largest absolute Gasteiger partial charge is 0.379 e. The minimum atomic E-state index is -3.22. The van der Waals surface area contributed by atoms with E-state index in [9.17, 15) is 8.42 Å². The molecule has 7 heteroatoms. The quantitative estimate of drug-likeness (QED) is 0.761. The molecule has 122 valence electrons. The smallest absolute Gasteiger partial charge is 0.281 e. The van der Waals surface area contributed by atoms with Crippen LogP contribution in [0.5, 0.6) is 0 Å². The van der Waals surface area contributed by atoms with Crippen LogP contribution >= 0.6 is 0 Å². The number of ether oxygens (including phenoxy) is 1. The molecule has 0 N–H and O–H groups in total. The molecule has 0 unspecified atom stereocenters. The summed E-state index contributed by atoms with van der Waals surface area (Å²) in [5.74, 6) is 0. The van der Waals surface area contributed by atoms with Crippen molar-refractivity contribution in [3.05, 3.63) is 0 Å². The number of hydrogen-bond donors (Lipinski definition) is 0. The number of morpholine rings is 1. The third kappa shape index (κ3) is 3.59. The van der Waals surface area contributed by atoms with E-state index >= 15 is 0 Å². The highest BCUT2D eigenvalue weighted by Crippen LogP contribution is 2.23. The maximum absolute atomic E-state index is 12.6. The van der Waals surface area contributed by atoms with Gasteiger partial charge in [-0.2, -0.15) is 17.0 Å². The SMILES string of the molecule is O=S(=O)(N1CCCCC1)N1CCC(N2CCOCC2)CC1. The average Bonchev–Trinajstić information content (AvgIpc) is 2.57. The van der Waals surface area contributed by atoms with Crippen molar-refractivity contribution in [2.45, 2.75) is 38.1 Å². The fraction of sp³-hybridized carbons (Fsp3) is 1.00. The van der Waals surface area contributed by atoms with Crippen molar-refractivity contribution in [2.24, 2.45) is 0 Å². The fourth-order valence-corrected chi connectivity index (χ4v) is 5.36. The van der Waals surface area contributed by atoms with E-state index in [0.717, 1.165) is 58.4 Å². The van der Waals surface area contributed by atoms with Gasteiger partial charge in [0.05, 0.1) is 13.2 Å². The minimum Gasteiger partial charge on any atom is -0.379 e. The lowest BCUT2D eigenvalue weighted by atomic mass is 10.0. The van der Waals surface area contributed by atoms with Crippen LogP contribution in [-0.4, -0.2) is 80.5 Å². The van der Waals surface area contributed by atoms with Crippen molar-refractivity contribution in [3.8, 4) is 0 Å². The highest BCUT2D eigenvalue weighted by atomic mass is 32.2. The second-order valence-corrected chi connectivity index (χ2v) is 8.17. The van der Waals surface area contributed by atoms with E-state index in [1.807, 2.05) is 0 Å². The Morgan fingerprint density at radius 3 is 1.95 bits per heavy atom. The molecule has 0 aromatic carbocycles. The van der Waals surface area contributed by atoms with Crippen molar-refractivity contribution in [3.63, 3.8) is 0 Å². The van der Waals surface area contributed by atoms with Crippen LogP contribution in [0.15, 0.2) is 0 Å².